The number of nitrogens with zero attached hydrogens (tertiary/aromatic N) is 2. The molecule has 130 valence electrons. The Balaban J connectivity index is 2.77. The van der Waals surface area contributed by atoms with Crippen molar-refractivity contribution < 1.29 is 23.1 Å². The van der Waals surface area contributed by atoms with Crippen LogP contribution in [-0.4, -0.2) is 33.3 Å². The third kappa shape index (κ3) is 5.09. The summed E-state index contributed by atoms with van der Waals surface area (Å²) in [5.41, 5.74) is -3.33. The summed E-state index contributed by atoms with van der Waals surface area (Å²) >= 11 is 0. The molecule has 1 amide bonds. The Morgan fingerprint density at radius 2 is 2.00 bits per heavy atom. The smallest absolute Gasteiger partial charge is 0.374 e. The predicted molar refractivity (Wildman–Crippen MR) is 79.4 cm³/mol. The van der Waals surface area contributed by atoms with Crippen molar-refractivity contribution in [1.82, 2.24) is 14.9 Å². The second kappa shape index (κ2) is 6.74. The molecule has 1 rings (SSSR count). The van der Waals surface area contributed by atoms with Gasteiger partial charge in [-0.15, -0.1) is 0 Å². The van der Waals surface area contributed by atoms with Crippen LogP contribution >= 0.6 is 0 Å². The Hall–Kier alpha value is -1.83. The first kappa shape index (κ1) is 19.2. The lowest BCUT2D eigenvalue weighted by atomic mass is 9.96. The van der Waals surface area contributed by atoms with E-state index < -0.39 is 29.9 Å². The van der Waals surface area contributed by atoms with Crippen molar-refractivity contribution in [3.63, 3.8) is 0 Å². The average Bonchev–Trinajstić information content (AvgIpc) is 2.80. The lowest BCUT2D eigenvalue weighted by Crippen LogP contribution is -2.46. The molecule has 5 nitrogen and oxygen atoms in total. The lowest BCUT2D eigenvalue weighted by molar-refractivity contribution is -0.272. The Morgan fingerprint density at radius 3 is 2.43 bits per heavy atom. The molecule has 23 heavy (non-hydrogen) atoms. The maximum absolute atomic E-state index is 13.2. The number of hydrogen-bond donors (Lipinski definition) is 2. The first-order valence-corrected chi connectivity index (χ1v) is 7.11. The second-order valence-electron chi connectivity index (χ2n) is 6.46. The van der Waals surface area contributed by atoms with Gasteiger partial charge in [-0.25, -0.2) is 4.98 Å². The van der Waals surface area contributed by atoms with E-state index in [0.29, 0.717) is 0 Å². The van der Waals surface area contributed by atoms with Crippen molar-refractivity contribution in [3.05, 3.63) is 30.4 Å². The number of aliphatic hydroxyl groups is 1. The summed E-state index contributed by atoms with van der Waals surface area (Å²) in [4.78, 5) is 15.2. The third-order valence-electron chi connectivity index (χ3n) is 3.18. The van der Waals surface area contributed by atoms with E-state index in [4.69, 9.17) is 0 Å². The fraction of sp³-hybridized carbons (Fsp3) is 0.600. The van der Waals surface area contributed by atoms with E-state index in [1.54, 1.807) is 6.08 Å². The second-order valence-corrected chi connectivity index (χ2v) is 6.46. The van der Waals surface area contributed by atoms with Gasteiger partial charge in [-0.05, 0) is 11.5 Å². The first-order chi connectivity index (χ1) is 10.4. The largest absolute Gasteiger partial charge is 0.424 e. The molecule has 0 radical (unpaired) electrons. The van der Waals surface area contributed by atoms with Gasteiger partial charge in [-0.2, -0.15) is 13.2 Å². The Morgan fingerprint density at radius 1 is 1.39 bits per heavy atom. The Labute approximate surface area is 133 Å². The summed E-state index contributed by atoms with van der Waals surface area (Å²) < 4.78 is 40.8. The molecule has 1 aromatic rings. The SMILES string of the molecule is Cn1ccnc1C(O)(CCNC(=O)C=CC(C)(C)C)C(F)(F)F. The van der Waals surface area contributed by atoms with Crippen LogP contribution in [0.2, 0.25) is 0 Å². The number of carbonyl (C=O) groups excluding carboxylic acids is 1. The zero-order chi connectivity index (χ0) is 17.9. The van der Waals surface area contributed by atoms with Crippen LogP contribution in [0.3, 0.4) is 0 Å². The number of alkyl halides is 3. The number of imidazole rings is 1. The highest BCUT2D eigenvalue weighted by Crippen LogP contribution is 2.40. The monoisotopic (exact) mass is 333 g/mol. The number of nitrogens with one attached hydrogen (secondary N) is 1. The topological polar surface area (TPSA) is 67.2 Å². The number of carbonyl (C=O) groups is 1. The molecular formula is C15H22F3N3O2. The summed E-state index contributed by atoms with van der Waals surface area (Å²) in [5, 5.41) is 12.4. The van der Waals surface area contributed by atoms with Crippen LogP contribution in [0.25, 0.3) is 0 Å². The highest BCUT2D eigenvalue weighted by Gasteiger charge is 2.57. The van der Waals surface area contributed by atoms with Crippen molar-refractivity contribution in [2.75, 3.05) is 6.54 Å². The van der Waals surface area contributed by atoms with Gasteiger partial charge in [0.15, 0.2) is 0 Å². The summed E-state index contributed by atoms with van der Waals surface area (Å²) in [6.45, 7) is 5.33. The van der Waals surface area contributed by atoms with Crippen LogP contribution in [0.15, 0.2) is 24.5 Å². The average molecular weight is 333 g/mol. The van der Waals surface area contributed by atoms with Crippen LogP contribution in [0.1, 0.15) is 33.0 Å². The normalized spacial score (nSPS) is 15.7. The van der Waals surface area contributed by atoms with Gasteiger partial charge in [0.05, 0.1) is 0 Å². The van der Waals surface area contributed by atoms with E-state index >= 15 is 0 Å². The van der Waals surface area contributed by atoms with Gasteiger partial charge < -0.3 is 15.0 Å². The third-order valence-corrected chi connectivity index (χ3v) is 3.18. The van der Waals surface area contributed by atoms with Crippen LogP contribution in [0.5, 0.6) is 0 Å². The zero-order valence-corrected chi connectivity index (χ0v) is 13.6. The van der Waals surface area contributed by atoms with E-state index in [9.17, 15) is 23.1 Å². The summed E-state index contributed by atoms with van der Waals surface area (Å²) in [5.74, 6) is -1.02. The summed E-state index contributed by atoms with van der Waals surface area (Å²) in [7, 11) is 1.36. The number of amides is 1. The summed E-state index contributed by atoms with van der Waals surface area (Å²) in [6.07, 6.45) is -0.216. The molecule has 0 aliphatic rings. The molecule has 0 spiro atoms. The van der Waals surface area contributed by atoms with Crippen LogP contribution < -0.4 is 5.32 Å². The van der Waals surface area contributed by atoms with Crippen LogP contribution in [0.4, 0.5) is 13.2 Å². The maximum atomic E-state index is 13.2. The number of halogens is 3. The molecule has 0 aliphatic carbocycles. The van der Waals surface area contributed by atoms with Gasteiger partial charge >= 0.3 is 6.18 Å². The molecular weight excluding hydrogens is 311 g/mol. The number of aromatic nitrogens is 2. The van der Waals surface area contributed by atoms with Crippen molar-refractivity contribution in [3.8, 4) is 0 Å². The van der Waals surface area contributed by atoms with E-state index in [0.717, 1.165) is 4.57 Å². The van der Waals surface area contributed by atoms with Gasteiger partial charge in [0.25, 0.3) is 0 Å². The number of hydrogen-bond acceptors (Lipinski definition) is 3. The molecule has 0 aliphatic heterocycles. The minimum atomic E-state index is -4.90. The molecule has 0 fully saturated rings. The molecule has 1 unspecified atom stereocenters. The Kier molecular flexibility index (Phi) is 5.63. The molecule has 1 atom stereocenters. The molecule has 1 aromatic heterocycles. The van der Waals surface area contributed by atoms with Crippen molar-refractivity contribution in [2.45, 2.75) is 39.0 Å². The molecule has 0 saturated carbocycles. The fourth-order valence-electron chi connectivity index (χ4n) is 1.90. The van der Waals surface area contributed by atoms with E-state index in [2.05, 4.69) is 10.3 Å². The fourth-order valence-corrected chi connectivity index (χ4v) is 1.90. The van der Waals surface area contributed by atoms with Gasteiger partial charge in [0, 0.05) is 32.4 Å². The zero-order valence-electron chi connectivity index (χ0n) is 13.6. The first-order valence-electron chi connectivity index (χ1n) is 7.11. The quantitative estimate of drug-likeness (QED) is 0.813. The van der Waals surface area contributed by atoms with Crippen molar-refractivity contribution >= 4 is 5.91 Å². The highest BCUT2D eigenvalue weighted by atomic mass is 19.4. The summed E-state index contributed by atoms with van der Waals surface area (Å²) in [6, 6.07) is 0. The minimum absolute atomic E-state index is 0.211. The molecule has 0 aromatic carbocycles. The highest BCUT2D eigenvalue weighted by molar-refractivity contribution is 5.87. The standard InChI is InChI=1S/C15H22F3N3O2/c1-13(2,3)6-5-11(22)19-8-7-14(23,15(16,17)18)12-20-9-10-21(12)4/h5-6,9-10,23H,7-8H2,1-4H3,(H,19,22). The predicted octanol–water partition coefficient (Wildman–Crippen LogP) is 2.28. The van der Waals surface area contributed by atoms with E-state index in [-0.39, 0.29) is 12.0 Å². The van der Waals surface area contributed by atoms with Gasteiger partial charge in [-0.1, -0.05) is 26.8 Å². The number of aryl methyl sites for hydroxylation is 1. The minimum Gasteiger partial charge on any atom is -0.374 e. The molecule has 1 heterocycles. The van der Waals surface area contributed by atoms with Crippen LogP contribution in [-0.2, 0) is 17.4 Å². The van der Waals surface area contributed by atoms with Gasteiger partial charge in [0.1, 0.15) is 5.82 Å². The molecule has 0 bridgehead atoms. The van der Waals surface area contributed by atoms with Gasteiger partial charge in [0.2, 0.25) is 11.5 Å². The Bertz CT molecular complexity index is 573. The van der Waals surface area contributed by atoms with Gasteiger partial charge in [-0.3, -0.25) is 4.79 Å². The number of allylic oxidation sites excluding steroid dienone is 1. The van der Waals surface area contributed by atoms with Crippen molar-refractivity contribution in [2.24, 2.45) is 12.5 Å². The molecule has 8 heteroatoms. The van der Waals surface area contributed by atoms with Crippen LogP contribution in [0, 0.1) is 5.41 Å². The lowest BCUT2D eigenvalue weighted by Gasteiger charge is -2.29. The molecule has 0 saturated heterocycles. The molecule has 2 N–H and O–H groups in total. The maximum Gasteiger partial charge on any atom is 0.424 e. The van der Waals surface area contributed by atoms with E-state index in [1.165, 1.54) is 25.5 Å². The number of rotatable bonds is 5. The van der Waals surface area contributed by atoms with Crippen molar-refractivity contribution in [1.29, 1.82) is 0 Å². The van der Waals surface area contributed by atoms with E-state index in [1.807, 2.05) is 20.8 Å².